The van der Waals surface area contributed by atoms with Crippen LogP contribution in [0.4, 0.5) is 10.9 Å². The third kappa shape index (κ3) is 7.21. The molecule has 4 aromatic rings. The number of thiocarbonyl (C=S) groups is 1. The first-order chi connectivity index (χ1) is 18.1. The summed E-state index contributed by atoms with van der Waals surface area (Å²) in [7, 11) is 0. The van der Waals surface area contributed by atoms with Crippen molar-refractivity contribution >= 4 is 45.4 Å². The Morgan fingerprint density at radius 1 is 0.892 bits per heavy atom. The largest absolute Gasteiger partial charge is 0.333 e. The number of carbonyl (C=O) groups excluding carboxylic acids is 1. The molecule has 0 aliphatic heterocycles. The normalized spacial score (nSPS) is 16.9. The van der Waals surface area contributed by atoms with Crippen molar-refractivity contribution in [2.75, 3.05) is 10.6 Å². The highest BCUT2D eigenvalue weighted by Gasteiger charge is 2.29. The number of aromatic nitrogens is 5. The van der Waals surface area contributed by atoms with Gasteiger partial charge in [0.15, 0.2) is 5.82 Å². The van der Waals surface area contributed by atoms with Gasteiger partial charge in [0, 0.05) is 24.2 Å². The van der Waals surface area contributed by atoms with Crippen LogP contribution in [0.15, 0.2) is 66.9 Å². The summed E-state index contributed by atoms with van der Waals surface area (Å²) in [4.78, 5) is 17.2. The third-order valence-electron chi connectivity index (χ3n) is 6.34. The molecule has 3 heterocycles. The summed E-state index contributed by atoms with van der Waals surface area (Å²) in [5.41, 5.74) is 2.87. The van der Waals surface area contributed by atoms with E-state index >= 15 is 0 Å². The molecule has 1 aromatic carbocycles. The molecule has 188 valence electrons. The highest BCUT2D eigenvalue weighted by molar-refractivity contribution is 7.80. The van der Waals surface area contributed by atoms with E-state index in [0.29, 0.717) is 29.2 Å². The molecule has 10 heteroatoms. The van der Waals surface area contributed by atoms with Gasteiger partial charge in [-0.25, -0.2) is 0 Å². The Morgan fingerprint density at radius 2 is 1.76 bits per heavy atom. The zero-order valence-corrected chi connectivity index (χ0v) is 21.8. The second-order valence-electron chi connectivity index (χ2n) is 9.19. The second-order valence-corrected chi connectivity index (χ2v) is 10.7. The smallest absolute Gasteiger partial charge is 0.232 e. The first-order valence-electron chi connectivity index (χ1n) is 12.3. The number of amides is 1. The van der Waals surface area contributed by atoms with Crippen molar-refractivity contribution in [1.82, 2.24) is 25.4 Å². The number of anilines is 2. The molecule has 1 aliphatic carbocycles. The van der Waals surface area contributed by atoms with Gasteiger partial charge >= 0.3 is 0 Å². The average molecular weight is 530 g/mol. The van der Waals surface area contributed by atoms with Crippen LogP contribution in [-0.2, 0) is 24.1 Å². The van der Waals surface area contributed by atoms with E-state index < -0.39 is 0 Å². The molecule has 0 radical (unpaired) electrons. The van der Waals surface area contributed by atoms with Gasteiger partial charge in [-0.2, -0.15) is 5.10 Å². The quantitative estimate of drug-likeness (QED) is 0.292. The summed E-state index contributed by atoms with van der Waals surface area (Å²) in [6.45, 7) is 0. The van der Waals surface area contributed by atoms with Crippen LogP contribution in [0.3, 0.4) is 0 Å². The standard InChI is InChI=1S/C27H27N7OS2/c35-24(17-21-8-4-5-13-28-21)30-27-34-33-26(37-27)20-10-9-19(14-20)15-22-11-12-23(32-31-22)29-25(36)16-18-6-2-1-3-7-18/h1-8,11-13,19-20H,9-10,14-17H2,(H,29,32,36)(H,30,34,35)/t19-,20+/m1/s1. The van der Waals surface area contributed by atoms with E-state index in [-0.39, 0.29) is 12.3 Å². The lowest BCUT2D eigenvalue weighted by atomic mass is 10.00. The lowest BCUT2D eigenvalue weighted by Crippen LogP contribution is -2.14. The molecule has 1 fully saturated rings. The molecule has 1 saturated carbocycles. The fraction of sp³-hybridized carbons (Fsp3) is 0.296. The molecule has 1 aliphatic rings. The summed E-state index contributed by atoms with van der Waals surface area (Å²) in [5.74, 6) is 1.40. The molecular weight excluding hydrogens is 502 g/mol. The van der Waals surface area contributed by atoms with Gasteiger partial charge in [0.2, 0.25) is 11.0 Å². The summed E-state index contributed by atoms with van der Waals surface area (Å²) < 4.78 is 0. The Kier molecular flexibility index (Phi) is 8.17. The van der Waals surface area contributed by atoms with Crippen LogP contribution in [0.5, 0.6) is 0 Å². The fourth-order valence-corrected chi connectivity index (χ4v) is 5.74. The van der Waals surface area contributed by atoms with Gasteiger partial charge in [-0.15, -0.1) is 15.3 Å². The molecule has 8 nitrogen and oxygen atoms in total. The number of rotatable bonds is 9. The number of pyridine rings is 1. The number of nitrogens with one attached hydrogen (secondary N) is 2. The Balaban J connectivity index is 1.08. The molecule has 2 atom stereocenters. The van der Waals surface area contributed by atoms with E-state index in [1.807, 2.05) is 48.5 Å². The molecule has 0 bridgehead atoms. The van der Waals surface area contributed by atoms with Gasteiger partial charge in [-0.05, 0) is 61.4 Å². The van der Waals surface area contributed by atoms with Gasteiger partial charge in [0.1, 0.15) is 5.01 Å². The SMILES string of the molecule is O=C(Cc1ccccn1)Nc1nnc([C@H]2CC[C@@H](Cc3ccc(NC(=S)Cc4ccccc4)nn3)C2)s1. The molecule has 37 heavy (non-hydrogen) atoms. The summed E-state index contributed by atoms with van der Waals surface area (Å²) in [6.07, 6.45) is 6.64. The Bertz CT molecular complexity index is 1330. The molecule has 0 spiro atoms. The van der Waals surface area contributed by atoms with Crippen LogP contribution in [0.25, 0.3) is 0 Å². The summed E-state index contributed by atoms with van der Waals surface area (Å²) in [5, 5.41) is 24.8. The van der Waals surface area contributed by atoms with Crippen LogP contribution in [-0.4, -0.2) is 36.3 Å². The Hall–Kier alpha value is -3.63. The van der Waals surface area contributed by atoms with Crippen molar-refractivity contribution in [2.24, 2.45) is 5.92 Å². The van der Waals surface area contributed by atoms with Crippen LogP contribution < -0.4 is 10.6 Å². The predicted molar refractivity (Wildman–Crippen MR) is 149 cm³/mol. The molecule has 2 N–H and O–H groups in total. The number of hydrogen-bond donors (Lipinski definition) is 2. The maximum atomic E-state index is 12.3. The van der Waals surface area contributed by atoms with Crippen LogP contribution >= 0.6 is 23.6 Å². The lowest BCUT2D eigenvalue weighted by molar-refractivity contribution is -0.115. The maximum absolute atomic E-state index is 12.3. The first kappa shape index (κ1) is 25.0. The molecule has 5 rings (SSSR count). The number of hydrogen-bond acceptors (Lipinski definition) is 8. The Morgan fingerprint density at radius 3 is 2.54 bits per heavy atom. The van der Waals surface area contributed by atoms with Gasteiger partial charge < -0.3 is 10.6 Å². The number of carbonyl (C=O) groups is 1. The molecule has 0 unspecified atom stereocenters. The Labute approximate surface area is 225 Å². The number of benzene rings is 1. The van der Waals surface area contributed by atoms with Crippen molar-refractivity contribution in [1.29, 1.82) is 0 Å². The highest BCUT2D eigenvalue weighted by Crippen LogP contribution is 2.41. The van der Waals surface area contributed by atoms with Gasteiger partial charge in [0.25, 0.3) is 0 Å². The fourth-order valence-electron chi connectivity index (χ4n) is 4.56. The van der Waals surface area contributed by atoms with Gasteiger partial charge in [0.05, 0.1) is 17.1 Å². The third-order valence-corrected chi connectivity index (χ3v) is 7.59. The van der Waals surface area contributed by atoms with E-state index in [1.165, 1.54) is 11.3 Å². The lowest BCUT2D eigenvalue weighted by Gasteiger charge is -2.10. The summed E-state index contributed by atoms with van der Waals surface area (Å²) >= 11 is 6.93. The van der Waals surface area contributed by atoms with Gasteiger partial charge in [-0.3, -0.25) is 9.78 Å². The highest BCUT2D eigenvalue weighted by atomic mass is 32.1. The van der Waals surface area contributed by atoms with E-state index in [9.17, 15) is 4.79 Å². The zero-order chi connectivity index (χ0) is 25.5. The van der Waals surface area contributed by atoms with Crippen molar-refractivity contribution in [2.45, 2.75) is 44.4 Å². The maximum Gasteiger partial charge on any atom is 0.232 e. The van der Waals surface area contributed by atoms with Crippen molar-refractivity contribution in [3.8, 4) is 0 Å². The number of nitrogens with zero attached hydrogens (tertiary/aromatic N) is 5. The van der Waals surface area contributed by atoms with E-state index in [0.717, 1.165) is 52.6 Å². The van der Waals surface area contributed by atoms with Crippen LogP contribution in [0, 0.1) is 5.92 Å². The minimum absolute atomic E-state index is 0.136. The van der Waals surface area contributed by atoms with Crippen molar-refractivity contribution in [3.05, 3.63) is 88.8 Å². The molecular formula is C27H27N7OS2. The zero-order valence-electron chi connectivity index (χ0n) is 20.2. The van der Waals surface area contributed by atoms with Gasteiger partial charge in [-0.1, -0.05) is 60.0 Å². The van der Waals surface area contributed by atoms with Crippen molar-refractivity contribution in [3.63, 3.8) is 0 Å². The molecule has 3 aromatic heterocycles. The molecule has 1 amide bonds. The predicted octanol–water partition coefficient (Wildman–Crippen LogP) is 5.01. The van der Waals surface area contributed by atoms with E-state index in [1.54, 1.807) is 6.20 Å². The van der Waals surface area contributed by atoms with Crippen molar-refractivity contribution < 1.29 is 4.79 Å². The minimum atomic E-state index is -0.136. The van der Waals surface area contributed by atoms with E-state index in [4.69, 9.17) is 12.2 Å². The average Bonchev–Trinajstić information content (AvgIpc) is 3.56. The van der Waals surface area contributed by atoms with E-state index in [2.05, 4.69) is 48.1 Å². The van der Waals surface area contributed by atoms with Crippen LogP contribution in [0.1, 0.15) is 47.1 Å². The second kappa shape index (κ2) is 12.1. The molecule has 0 saturated heterocycles. The van der Waals surface area contributed by atoms with Crippen LogP contribution in [0.2, 0.25) is 0 Å². The topological polar surface area (TPSA) is 106 Å². The summed E-state index contributed by atoms with van der Waals surface area (Å²) in [6, 6.07) is 19.6. The minimum Gasteiger partial charge on any atom is -0.333 e. The monoisotopic (exact) mass is 529 g/mol. The first-order valence-corrected chi connectivity index (χ1v) is 13.5.